The summed E-state index contributed by atoms with van der Waals surface area (Å²) >= 11 is 0. The normalized spacial score (nSPS) is 11.3. The summed E-state index contributed by atoms with van der Waals surface area (Å²) in [4.78, 5) is 8.43. The van der Waals surface area contributed by atoms with Crippen molar-refractivity contribution in [3.8, 4) is 5.69 Å². The molecule has 0 N–H and O–H groups in total. The van der Waals surface area contributed by atoms with Crippen LogP contribution in [-0.2, 0) is 0 Å². The lowest BCUT2D eigenvalue weighted by atomic mass is 10.1. The Morgan fingerprint density at radius 2 is 1.95 bits per heavy atom. The molecule has 0 atom stereocenters. The van der Waals surface area contributed by atoms with E-state index in [4.69, 9.17) is 0 Å². The van der Waals surface area contributed by atoms with Crippen LogP contribution in [-0.4, -0.2) is 14.5 Å². The van der Waals surface area contributed by atoms with Crippen molar-refractivity contribution in [3.05, 3.63) is 66.5 Å². The number of nitrogens with zero attached hydrogens (tertiary/aromatic N) is 3. The van der Waals surface area contributed by atoms with Gasteiger partial charge in [-0.05, 0) is 25.1 Å². The molecule has 102 valence electrons. The highest BCUT2D eigenvalue weighted by molar-refractivity contribution is 5.91. The molecule has 0 aliphatic carbocycles. The van der Waals surface area contributed by atoms with Gasteiger partial charge in [0.15, 0.2) is 5.82 Å². The molecule has 3 heterocycles. The van der Waals surface area contributed by atoms with E-state index < -0.39 is 0 Å². The minimum absolute atomic E-state index is 0.289. The van der Waals surface area contributed by atoms with Gasteiger partial charge in [0.2, 0.25) is 0 Å². The number of aromatic nitrogens is 3. The minimum atomic E-state index is -0.289. The van der Waals surface area contributed by atoms with E-state index in [0.29, 0.717) is 11.4 Å². The lowest BCUT2D eigenvalue weighted by Gasteiger charge is -2.12. The zero-order valence-electron chi connectivity index (χ0n) is 11.4. The smallest absolute Gasteiger partial charge is 0.169 e. The summed E-state index contributed by atoms with van der Waals surface area (Å²) in [5, 5.41) is 1.78. The van der Waals surface area contributed by atoms with Gasteiger partial charge in [0.25, 0.3) is 0 Å². The van der Waals surface area contributed by atoms with Crippen LogP contribution in [0.4, 0.5) is 4.39 Å². The van der Waals surface area contributed by atoms with Gasteiger partial charge >= 0.3 is 0 Å². The second-order valence-electron chi connectivity index (χ2n) is 5.00. The zero-order valence-corrected chi connectivity index (χ0v) is 11.4. The van der Waals surface area contributed by atoms with Crippen LogP contribution < -0.4 is 0 Å². The van der Waals surface area contributed by atoms with E-state index in [-0.39, 0.29) is 5.82 Å². The van der Waals surface area contributed by atoms with Crippen molar-refractivity contribution >= 4 is 21.8 Å². The average molecular weight is 277 g/mol. The number of hydrogen-bond donors (Lipinski definition) is 0. The molecule has 1 aromatic carbocycles. The van der Waals surface area contributed by atoms with Crippen molar-refractivity contribution in [2.24, 2.45) is 0 Å². The Labute approximate surface area is 120 Å². The molecule has 4 aromatic rings. The van der Waals surface area contributed by atoms with Gasteiger partial charge in [-0.1, -0.05) is 18.2 Å². The molecule has 4 rings (SSSR count). The lowest BCUT2D eigenvalue weighted by Crippen LogP contribution is -2.02. The fourth-order valence-electron chi connectivity index (χ4n) is 2.70. The molecule has 3 aromatic heterocycles. The molecule has 0 spiro atoms. The molecule has 0 bridgehead atoms. The maximum Gasteiger partial charge on any atom is 0.169 e. The Morgan fingerprint density at radius 1 is 1.10 bits per heavy atom. The fourth-order valence-corrected chi connectivity index (χ4v) is 2.70. The molecule has 0 saturated carbocycles. The summed E-state index contributed by atoms with van der Waals surface area (Å²) in [6.45, 7) is 1.69. The number of fused-ring (bicyclic) bond motifs is 2. The Morgan fingerprint density at radius 3 is 2.86 bits per heavy atom. The van der Waals surface area contributed by atoms with Crippen molar-refractivity contribution < 1.29 is 4.39 Å². The molecular formula is C17H12FN3. The van der Waals surface area contributed by atoms with Gasteiger partial charge in [-0.3, -0.25) is 4.98 Å². The van der Waals surface area contributed by atoms with Gasteiger partial charge in [0, 0.05) is 29.4 Å². The van der Waals surface area contributed by atoms with Crippen molar-refractivity contribution in [2.45, 2.75) is 6.92 Å². The second kappa shape index (κ2) is 4.38. The van der Waals surface area contributed by atoms with E-state index in [9.17, 15) is 4.39 Å². The van der Waals surface area contributed by atoms with Crippen LogP contribution in [0.5, 0.6) is 0 Å². The maximum absolute atomic E-state index is 14.7. The van der Waals surface area contributed by atoms with Crippen LogP contribution in [0, 0.1) is 12.7 Å². The third-order valence-corrected chi connectivity index (χ3v) is 3.70. The van der Waals surface area contributed by atoms with Crippen LogP contribution in [0.3, 0.4) is 0 Å². The summed E-state index contributed by atoms with van der Waals surface area (Å²) in [7, 11) is 0. The van der Waals surface area contributed by atoms with Crippen LogP contribution in [0.15, 0.2) is 55.0 Å². The molecule has 4 heteroatoms. The summed E-state index contributed by atoms with van der Waals surface area (Å²) < 4.78 is 16.6. The number of benzene rings is 1. The standard InChI is InChI=1S/C17H12FN3/c1-11-16(18)17(13-4-2-3-5-14(13)20-11)21-9-7-12-10-19-8-6-15(12)21/h2-10H,1H3. The monoisotopic (exact) mass is 277 g/mol. The fraction of sp³-hybridized carbons (Fsp3) is 0.0588. The molecule has 0 radical (unpaired) electrons. The first-order valence-electron chi connectivity index (χ1n) is 6.72. The van der Waals surface area contributed by atoms with Crippen LogP contribution in [0.2, 0.25) is 0 Å². The van der Waals surface area contributed by atoms with Gasteiger partial charge in [-0.25, -0.2) is 9.37 Å². The number of rotatable bonds is 1. The Kier molecular flexibility index (Phi) is 2.51. The van der Waals surface area contributed by atoms with Gasteiger partial charge in [-0.2, -0.15) is 0 Å². The van der Waals surface area contributed by atoms with Crippen LogP contribution in [0.1, 0.15) is 5.69 Å². The molecule has 0 amide bonds. The van der Waals surface area contributed by atoms with Crippen LogP contribution in [0.25, 0.3) is 27.5 Å². The molecule has 0 unspecified atom stereocenters. The molecule has 3 nitrogen and oxygen atoms in total. The van der Waals surface area contributed by atoms with Gasteiger partial charge in [0.1, 0.15) is 0 Å². The topological polar surface area (TPSA) is 30.7 Å². The first-order chi connectivity index (χ1) is 10.3. The third-order valence-electron chi connectivity index (χ3n) is 3.70. The average Bonchev–Trinajstić information content (AvgIpc) is 2.92. The van der Waals surface area contributed by atoms with E-state index in [1.807, 2.05) is 47.2 Å². The van der Waals surface area contributed by atoms with Crippen molar-refractivity contribution in [3.63, 3.8) is 0 Å². The van der Waals surface area contributed by atoms with E-state index in [2.05, 4.69) is 9.97 Å². The number of para-hydroxylation sites is 1. The predicted octanol–water partition coefficient (Wildman–Crippen LogP) is 4.02. The van der Waals surface area contributed by atoms with Crippen molar-refractivity contribution in [1.82, 2.24) is 14.5 Å². The third kappa shape index (κ3) is 1.72. The van der Waals surface area contributed by atoms with E-state index >= 15 is 0 Å². The molecule has 0 saturated heterocycles. The number of pyridine rings is 2. The highest BCUT2D eigenvalue weighted by Gasteiger charge is 2.15. The van der Waals surface area contributed by atoms with Crippen molar-refractivity contribution in [1.29, 1.82) is 0 Å². The zero-order chi connectivity index (χ0) is 14.4. The summed E-state index contributed by atoms with van der Waals surface area (Å²) in [5.74, 6) is -0.289. The molecule has 21 heavy (non-hydrogen) atoms. The van der Waals surface area contributed by atoms with Crippen molar-refractivity contribution in [2.75, 3.05) is 0 Å². The highest BCUT2D eigenvalue weighted by atomic mass is 19.1. The van der Waals surface area contributed by atoms with Gasteiger partial charge in [-0.15, -0.1) is 0 Å². The molecule has 0 fully saturated rings. The Balaban J connectivity index is 2.17. The predicted molar refractivity (Wildman–Crippen MR) is 81.1 cm³/mol. The van der Waals surface area contributed by atoms with Gasteiger partial charge < -0.3 is 4.57 Å². The summed E-state index contributed by atoms with van der Waals surface area (Å²) in [6, 6.07) is 11.4. The molecular weight excluding hydrogens is 265 g/mol. The summed E-state index contributed by atoms with van der Waals surface area (Å²) in [6.07, 6.45) is 5.36. The molecule has 0 aliphatic rings. The number of hydrogen-bond acceptors (Lipinski definition) is 2. The largest absolute Gasteiger partial charge is 0.313 e. The first-order valence-corrected chi connectivity index (χ1v) is 6.72. The highest BCUT2D eigenvalue weighted by Crippen LogP contribution is 2.29. The Hall–Kier alpha value is -2.75. The van der Waals surface area contributed by atoms with E-state index in [1.165, 1.54) is 0 Å². The van der Waals surface area contributed by atoms with E-state index in [0.717, 1.165) is 21.8 Å². The maximum atomic E-state index is 14.7. The minimum Gasteiger partial charge on any atom is -0.313 e. The second-order valence-corrected chi connectivity index (χ2v) is 5.00. The van der Waals surface area contributed by atoms with Crippen LogP contribution >= 0.6 is 0 Å². The number of aryl methyl sites for hydroxylation is 1. The quantitative estimate of drug-likeness (QED) is 0.526. The molecule has 0 aliphatic heterocycles. The Bertz CT molecular complexity index is 972. The van der Waals surface area contributed by atoms with Gasteiger partial charge in [0.05, 0.1) is 22.4 Å². The summed E-state index contributed by atoms with van der Waals surface area (Å²) in [5.41, 5.74) is 2.67. The first kappa shape index (κ1) is 12.0. The SMILES string of the molecule is Cc1nc2ccccc2c(-n2ccc3cnccc32)c1F. The lowest BCUT2D eigenvalue weighted by molar-refractivity contribution is 0.605. The number of halogens is 1. The van der Waals surface area contributed by atoms with E-state index in [1.54, 1.807) is 19.3 Å².